The molecule has 0 fully saturated rings. The van der Waals surface area contributed by atoms with Crippen molar-refractivity contribution in [3.63, 3.8) is 0 Å². The first kappa shape index (κ1) is 15.2. The van der Waals surface area contributed by atoms with Crippen LogP contribution in [-0.4, -0.2) is 24.0 Å². The molecule has 1 amide bonds. The SMILES string of the molecule is Cc1ccc(CC(C)NC(C)C(=O)NC(C)C)s1. The van der Waals surface area contributed by atoms with Gasteiger partial charge in [-0.2, -0.15) is 0 Å². The van der Waals surface area contributed by atoms with E-state index < -0.39 is 0 Å². The Morgan fingerprint density at radius 2 is 1.94 bits per heavy atom. The molecule has 1 aromatic rings. The van der Waals surface area contributed by atoms with Gasteiger partial charge in [-0.15, -0.1) is 11.3 Å². The number of carbonyl (C=O) groups excluding carboxylic acids is 1. The standard InChI is InChI=1S/C14H24N2OS/c1-9(2)15-14(17)12(5)16-10(3)8-13-7-6-11(4)18-13/h6-7,9-10,12,16H,8H2,1-5H3,(H,15,17). The van der Waals surface area contributed by atoms with E-state index in [9.17, 15) is 4.79 Å². The molecule has 0 saturated heterocycles. The van der Waals surface area contributed by atoms with Gasteiger partial charge in [0.15, 0.2) is 0 Å². The summed E-state index contributed by atoms with van der Waals surface area (Å²) in [5.74, 6) is 0.0687. The van der Waals surface area contributed by atoms with Gasteiger partial charge in [-0.3, -0.25) is 4.79 Å². The van der Waals surface area contributed by atoms with Crippen molar-refractivity contribution in [2.24, 2.45) is 0 Å². The maximum Gasteiger partial charge on any atom is 0.237 e. The lowest BCUT2D eigenvalue weighted by Crippen LogP contribution is -2.48. The molecule has 102 valence electrons. The van der Waals surface area contributed by atoms with Crippen molar-refractivity contribution in [2.75, 3.05) is 0 Å². The normalized spacial score (nSPS) is 14.6. The molecule has 0 saturated carbocycles. The number of amides is 1. The van der Waals surface area contributed by atoms with Crippen LogP contribution in [0.25, 0.3) is 0 Å². The predicted octanol–water partition coefficient (Wildman–Crippen LogP) is 2.49. The second-order valence-corrected chi connectivity index (χ2v) is 6.54. The van der Waals surface area contributed by atoms with Gasteiger partial charge in [-0.05, 0) is 53.2 Å². The van der Waals surface area contributed by atoms with Crippen LogP contribution in [0.15, 0.2) is 12.1 Å². The van der Waals surface area contributed by atoms with E-state index in [0.29, 0.717) is 6.04 Å². The fourth-order valence-electron chi connectivity index (χ4n) is 1.87. The fourth-order valence-corrected chi connectivity index (χ4v) is 2.89. The fraction of sp³-hybridized carbons (Fsp3) is 0.643. The summed E-state index contributed by atoms with van der Waals surface area (Å²) >= 11 is 1.82. The van der Waals surface area contributed by atoms with Crippen LogP contribution in [0.5, 0.6) is 0 Å². The molecule has 0 aliphatic heterocycles. The second-order valence-electron chi connectivity index (χ2n) is 5.17. The first-order chi connectivity index (χ1) is 8.38. The van der Waals surface area contributed by atoms with Crippen LogP contribution in [0.3, 0.4) is 0 Å². The van der Waals surface area contributed by atoms with E-state index >= 15 is 0 Å². The Balaban J connectivity index is 2.39. The summed E-state index contributed by atoms with van der Waals surface area (Å²) in [6.07, 6.45) is 0.970. The lowest BCUT2D eigenvalue weighted by molar-refractivity contribution is -0.123. The lowest BCUT2D eigenvalue weighted by atomic mass is 10.1. The van der Waals surface area contributed by atoms with Crippen LogP contribution < -0.4 is 10.6 Å². The van der Waals surface area contributed by atoms with E-state index in [1.807, 2.05) is 32.1 Å². The van der Waals surface area contributed by atoms with Crippen molar-refractivity contribution >= 4 is 17.2 Å². The zero-order valence-electron chi connectivity index (χ0n) is 11.9. The summed E-state index contributed by atoms with van der Waals surface area (Å²) in [7, 11) is 0. The van der Waals surface area contributed by atoms with E-state index in [2.05, 4.69) is 36.6 Å². The van der Waals surface area contributed by atoms with E-state index in [1.54, 1.807) is 0 Å². The number of thiophene rings is 1. The van der Waals surface area contributed by atoms with Gasteiger partial charge in [-0.1, -0.05) is 0 Å². The zero-order valence-corrected chi connectivity index (χ0v) is 12.7. The van der Waals surface area contributed by atoms with E-state index in [0.717, 1.165) is 6.42 Å². The summed E-state index contributed by atoms with van der Waals surface area (Å²) < 4.78 is 0. The number of rotatable bonds is 6. The van der Waals surface area contributed by atoms with Crippen molar-refractivity contribution in [2.45, 2.75) is 59.2 Å². The number of nitrogens with one attached hydrogen (secondary N) is 2. The molecule has 0 spiro atoms. The third kappa shape index (κ3) is 5.19. The number of hydrogen-bond acceptors (Lipinski definition) is 3. The van der Waals surface area contributed by atoms with Crippen LogP contribution >= 0.6 is 11.3 Å². The van der Waals surface area contributed by atoms with Crippen LogP contribution in [0.2, 0.25) is 0 Å². The number of hydrogen-bond donors (Lipinski definition) is 2. The maximum atomic E-state index is 11.8. The van der Waals surface area contributed by atoms with Crippen LogP contribution in [0, 0.1) is 6.92 Å². The molecular formula is C14H24N2OS. The molecule has 3 nitrogen and oxygen atoms in total. The predicted molar refractivity (Wildman–Crippen MR) is 78.1 cm³/mol. The molecule has 1 aromatic heterocycles. The maximum absolute atomic E-state index is 11.8. The van der Waals surface area contributed by atoms with Crippen molar-refractivity contribution in [3.8, 4) is 0 Å². The Labute approximate surface area is 114 Å². The quantitative estimate of drug-likeness (QED) is 0.832. The van der Waals surface area contributed by atoms with E-state index in [4.69, 9.17) is 0 Å². The largest absolute Gasteiger partial charge is 0.353 e. The Kier molecular flexibility index (Phi) is 5.82. The Morgan fingerprint density at radius 3 is 2.44 bits per heavy atom. The highest BCUT2D eigenvalue weighted by Crippen LogP contribution is 2.16. The molecule has 0 aliphatic carbocycles. The summed E-state index contributed by atoms with van der Waals surface area (Å²) in [6, 6.07) is 4.65. The minimum Gasteiger partial charge on any atom is -0.353 e. The molecular weight excluding hydrogens is 244 g/mol. The third-order valence-electron chi connectivity index (χ3n) is 2.66. The van der Waals surface area contributed by atoms with Crippen LogP contribution in [0.4, 0.5) is 0 Å². The summed E-state index contributed by atoms with van der Waals surface area (Å²) in [5.41, 5.74) is 0. The molecule has 4 heteroatoms. The first-order valence-corrected chi connectivity index (χ1v) is 7.32. The highest BCUT2D eigenvalue weighted by molar-refractivity contribution is 7.11. The average Bonchev–Trinajstić information content (AvgIpc) is 2.62. The minimum atomic E-state index is -0.150. The molecule has 1 rings (SSSR count). The van der Waals surface area contributed by atoms with Gasteiger partial charge < -0.3 is 10.6 Å². The van der Waals surface area contributed by atoms with Gasteiger partial charge in [-0.25, -0.2) is 0 Å². The molecule has 2 N–H and O–H groups in total. The van der Waals surface area contributed by atoms with Crippen molar-refractivity contribution in [1.29, 1.82) is 0 Å². The molecule has 0 bridgehead atoms. The van der Waals surface area contributed by atoms with E-state index in [-0.39, 0.29) is 18.0 Å². The van der Waals surface area contributed by atoms with Crippen LogP contribution in [-0.2, 0) is 11.2 Å². The van der Waals surface area contributed by atoms with Gasteiger partial charge in [0, 0.05) is 21.8 Å². The summed E-state index contributed by atoms with van der Waals surface area (Å²) in [4.78, 5) is 14.5. The van der Waals surface area contributed by atoms with Gasteiger partial charge in [0.2, 0.25) is 5.91 Å². The Morgan fingerprint density at radius 1 is 1.28 bits per heavy atom. The number of carbonyl (C=O) groups is 1. The molecule has 0 radical (unpaired) electrons. The molecule has 18 heavy (non-hydrogen) atoms. The van der Waals surface area contributed by atoms with Gasteiger partial charge >= 0.3 is 0 Å². The van der Waals surface area contributed by atoms with Gasteiger partial charge in [0.05, 0.1) is 6.04 Å². The molecule has 1 heterocycles. The van der Waals surface area contributed by atoms with Crippen molar-refractivity contribution in [3.05, 3.63) is 21.9 Å². The first-order valence-electron chi connectivity index (χ1n) is 6.50. The van der Waals surface area contributed by atoms with Gasteiger partial charge in [0.1, 0.15) is 0 Å². The highest BCUT2D eigenvalue weighted by Gasteiger charge is 2.16. The Bertz CT molecular complexity index is 387. The van der Waals surface area contributed by atoms with E-state index in [1.165, 1.54) is 9.75 Å². The molecule has 0 aromatic carbocycles. The Hall–Kier alpha value is -0.870. The molecule has 2 atom stereocenters. The van der Waals surface area contributed by atoms with Crippen molar-refractivity contribution in [1.82, 2.24) is 10.6 Å². The molecule has 2 unspecified atom stereocenters. The highest BCUT2D eigenvalue weighted by atomic mass is 32.1. The molecule has 0 aliphatic rings. The summed E-state index contributed by atoms with van der Waals surface area (Å²) in [6.45, 7) is 10.1. The average molecular weight is 268 g/mol. The summed E-state index contributed by atoms with van der Waals surface area (Å²) in [5, 5.41) is 6.25. The van der Waals surface area contributed by atoms with Crippen LogP contribution in [0.1, 0.15) is 37.4 Å². The lowest BCUT2D eigenvalue weighted by Gasteiger charge is -2.20. The van der Waals surface area contributed by atoms with Crippen molar-refractivity contribution < 1.29 is 4.79 Å². The smallest absolute Gasteiger partial charge is 0.237 e. The van der Waals surface area contributed by atoms with Gasteiger partial charge in [0.25, 0.3) is 0 Å². The second kappa shape index (κ2) is 6.90. The minimum absolute atomic E-state index is 0.0687. The third-order valence-corrected chi connectivity index (χ3v) is 3.69. The topological polar surface area (TPSA) is 41.1 Å². The monoisotopic (exact) mass is 268 g/mol. The zero-order chi connectivity index (χ0) is 13.7. The number of aryl methyl sites for hydroxylation is 1.